The number of benzene rings is 1. The predicted molar refractivity (Wildman–Crippen MR) is 70.5 cm³/mol. The second kappa shape index (κ2) is 6.30. The third-order valence-corrected chi connectivity index (χ3v) is 3.83. The van der Waals surface area contributed by atoms with Crippen molar-refractivity contribution in [3.05, 3.63) is 35.1 Å². The van der Waals surface area contributed by atoms with Gasteiger partial charge >= 0.3 is 0 Å². The second-order valence-electron chi connectivity index (χ2n) is 5.31. The summed E-state index contributed by atoms with van der Waals surface area (Å²) in [6.45, 7) is 3.20. The van der Waals surface area contributed by atoms with Gasteiger partial charge in [0.15, 0.2) is 0 Å². The van der Waals surface area contributed by atoms with Crippen molar-refractivity contribution in [1.29, 1.82) is 0 Å². The first-order valence-corrected chi connectivity index (χ1v) is 6.78. The third kappa shape index (κ3) is 3.53. The molecule has 100 valence electrons. The van der Waals surface area contributed by atoms with Crippen LogP contribution < -0.4 is 5.73 Å². The summed E-state index contributed by atoms with van der Waals surface area (Å²) in [5.74, 6) is 0.598. The molecular weight excluding hydrogens is 229 g/mol. The maximum absolute atomic E-state index is 13.1. The molecule has 1 aliphatic rings. The van der Waals surface area contributed by atoms with Crippen LogP contribution >= 0.6 is 0 Å². The van der Waals surface area contributed by atoms with E-state index >= 15 is 0 Å². The lowest BCUT2D eigenvalue weighted by Gasteiger charge is -2.26. The Labute approximate surface area is 108 Å². The van der Waals surface area contributed by atoms with Crippen LogP contribution in [0, 0.1) is 11.7 Å². The summed E-state index contributed by atoms with van der Waals surface area (Å²) < 4.78 is 19.0. The summed E-state index contributed by atoms with van der Waals surface area (Å²) in [6, 6.07) is 4.76. The second-order valence-corrected chi connectivity index (χ2v) is 5.31. The molecule has 0 saturated heterocycles. The fourth-order valence-corrected chi connectivity index (χ4v) is 2.53. The largest absolute Gasteiger partial charge is 0.374 e. The van der Waals surface area contributed by atoms with Gasteiger partial charge in [0.2, 0.25) is 0 Å². The van der Waals surface area contributed by atoms with E-state index in [0.29, 0.717) is 19.3 Å². The monoisotopic (exact) mass is 251 g/mol. The number of nitrogens with two attached hydrogens (primary N) is 1. The predicted octanol–water partition coefficient (Wildman–Crippen LogP) is 3.38. The fraction of sp³-hybridized carbons (Fsp3) is 0.600. The number of rotatable bonds is 4. The lowest BCUT2D eigenvalue weighted by atomic mass is 9.89. The topological polar surface area (TPSA) is 35.2 Å². The van der Waals surface area contributed by atoms with Crippen molar-refractivity contribution in [1.82, 2.24) is 0 Å². The van der Waals surface area contributed by atoms with E-state index in [1.807, 2.05) is 0 Å². The Hall–Kier alpha value is -0.930. The first-order valence-electron chi connectivity index (χ1n) is 6.78. The summed E-state index contributed by atoms with van der Waals surface area (Å²) >= 11 is 0. The minimum absolute atomic E-state index is 0.231. The van der Waals surface area contributed by atoms with Gasteiger partial charge in [0.1, 0.15) is 5.82 Å². The van der Waals surface area contributed by atoms with E-state index in [1.54, 1.807) is 6.07 Å². The first kappa shape index (κ1) is 13.5. The van der Waals surface area contributed by atoms with E-state index in [0.717, 1.165) is 29.9 Å². The summed E-state index contributed by atoms with van der Waals surface area (Å²) in [7, 11) is 0. The van der Waals surface area contributed by atoms with Crippen molar-refractivity contribution in [2.75, 3.05) is 0 Å². The Balaban J connectivity index is 1.90. The van der Waals surface area contributed by atoms with E-state index in [-0.39, 0.29) is 5.82 Å². The first-order chi connectivity index (χ1) is 8.69. The Morgan fingerprint density at radius 2 is 1.94 bits per heavy atom. The molecule has 0 amide bonds. The molecule has 18 heavy (non-hydrogen) atoms. The highest BCUT2D eigenvalue weighted by atomic mass is 19.1. The van der Waals surface area contributed by atoms with Crippen LogP contribution in [0.4, 0.5) is 4.39 Å². The molecule has 0 unspecified atom stereocenters. The minimum Gasteiger partial charge on any atom is -0.374 e. The van der Waals surface area contributed by atoms with Crippen molar-refractivity contribution >= 4 is 0 Å². The number of ether oxygens (including phenoxy) is 1. The SMILES string of the molecule is CC1CCC(OCc2ccc(F)cc2CN)CC1. The Morgan fingerprint density at radius 1 is 1.22 bits per heavy atom. The molecule has 0 heterocycles. The Bertz CT molecular complexity index is 386. The van der Waals surface area contributed by atoms with Crippen molar-refractivity contribution < 1.29 is 9.13 Å². The van der Waals surface area contributed by atoms with Gasteiger partial charge in [0, 0.05) is 6.54 Å². The van der Waals surface area contributed by atoms with E-state index in [4.69, 9.17) is 10.5 Å². The van der Waals surface area contributed by atoms with E-state index in [1.165, 1.54) is 25.0 Å². The van der Waals surface area contributed by atoms with Gasteiger partial charge in [-0.1, -0.05) is 13.0 Å². The van der Waals surface area contributed by atoms with Gasteiger partial charge in [-0.3, -0.25) is 0 Å². The average molecular weight is 251 g/mol. The zero-order valence-corrected chi connectivity index (χ0v) is 11.0. The third-order valence-electron chi connectivity index (χ3n) is 3.83. The number of hydrogen-bond donors (Lipinski definition) is 1. The van der Waals surface area contributed by atoms with Crippen molar-refractivity contribution in [2.45, 2.75) is 51.9 Å². The molecule has 1 aromatic carbocycles. The van der Waals surface area contributed by atoms with Crippen LogP contribution in [0.5, 0.6) is 0 Å². The van der Waals surface area contributed by atoms with Crippen LogP contribution in [0.2, 0.25) is 0 Å². The van der Waals surface area contributed by atoms with Gasteiger partial charge in [0.25, 0.3) is 0 Å². The number of hydrogen-bond acceptors (Lipinski definition) is 2. The van der Waals surface area contributed by atoms with Crippen molar-refractivity contribution in [3.8, 4) is 0 Å². The van der Waals surface area contributed by atoms with Gasteiger partial charge in [-0.25, -0.2) is 4.39 Å². The zero-order chi connectivity index (χ0) is 13.0. The van der Waals surface area contributed by atoms with Crippen LogP contribution in [-0.4, -0.2) is 6.10 Å². The summed E-state index contributed by atoms with van der Waals surface area (Å²) in [5.41, 5.74) is 7.48. The van der Waals surface area contributed by atoms with Gasteiger partial charge in [-0.2, -0.15) is 0 Å². The van der Waals surface area contributed by atoms with Gasteiger partial charge in [-0.15, -0.1) is 0 Å². The fourth-order valence-electron chi connectivity index (χ4n) is 2.53. The van der Waals surface area contributed by atoms with Gasteiger partial charge < -0.3 is 10.5 Å². The quantitative estimate of drug-likeness (QED) is 0.890. The molecule has 1 fully saturated rings. The summed E-state index contributed by atoms with van der Waals surface area (Å²) in [6.07, 6.45) is 5.13. The van der Waals surface area contributed by atoms with Crippen molar-refractivity contribution in [3.63, 3.8) is 0 Å². The molecule has 0 spiro atoms. The zero-order valence-electron chi connectivity index (χ0n) is 11.0. The van der Waals surface area contributed by atoms with Gasteiger partial charge in [0.05, 0.1) is 12.7 Å². The van der Waals surface area contributed by atoms with Crippen LogP contribution in [-0.2, 0) is 17.9 Å². The lowest BCUT2D eigenvalue weighted by molar-refractivity contribution is 0.00846. The average Bonchev–Trinajstić information content (AvgIpc) is 2.39. The molecule has 0 atom stereocenters. The minimum atomic E-state index is -0.231. The Morgan fingerprint density at radius 3 is 2.61 bits per heavy atom. The maximum Gasteiger partial charge on any atom is 0.123 e. The molecule has 2 rings (SSSR count). The molecule has 1 aliphatic carbocycles. The molecule has 2 N–H and O–H groups in total. The molecule has 0 aliphatic heterocycles. The highest BCUT2D eigenvalue weighted by Gasteiger charge is 2.18. The summed E-state index contributed by atoms with van der Waals surface area (Å²) in [4.78, 5) is 0. The molecule has 1 saturated carbocycles. The van der Waals surface area contributed by atoms with Crippen LogP contribution in [0.15, 0.2) is 18.2 Å². The highest BCUT2D eigenvalue weighted by Crippen LogP contribution is 2.26. The van der Waals surface area contributed by atoms with E-state index < -0.39 is 0 Å². The Kier molecular flexibility index (Phi) is 4.72. The van der Waals surface area contributed by atoms with Crippen LogP contribution in [0.1, 0.15) is 43.7 Å². The molecule has 3 heteroatoms. The van der Waals surface area contributed by atoms with E-state index in [2.05, 4.69) is 6.92 Å². The van der Waals surface area contributed by atoms with Gasteiger partial charge in [-0.05, 0) is 54.9 Å². The lowest BCUT2D eigenvalue weighted by Crippen LogP contribution is -2.20. The molecular formula is C15H22FNO. The molecule has 1 aromatic rings. The normalized spacial score (nSPS) is 24.2. The van der Waals surface area contributed by atoms with E-state index in [9.17, 15) is 4.39 Å². The summed E-state index contributed by atoms with van der Waals surface area (Å²) in [5, 5.41) is 0. The maximum atomic E-state index is 13.1. The molecule has 0 bridgehead atoms. The van der Waals surface area contributed by atoms with Crippen LogP contribution in [0.25, 0.3) is 0 Å². The highest BCUT2D eigenvalue weighted by molar-refractivity contribution is 5.27. The smallest absolute Gasteiger partial charge is 0.123 e. The molecule has 0 aromatic heterocycles. The number of halogens is 1. The molecule has 0 radical (unpaired) electrons. The standard InChI is InChI=1S/C15H22FNO/c1-11-2-6-15(7-3-11)18-10-12-4-5-14(16)8-13(12)9-17/h4-5,8,11,15H,2-3,6-7,9-10,17H2,1H3. The molecule has 2 nitrogen and oxygen atoms in total. The van der Waals surface area contributed by atoms with Crippen molar-refractivity contribution in [2.24, 2.45) is 11.7 Å². The van der Waals surface area contributed by atoms with Crippen LogP contribution in [0.3, 0.4) is 0 Å².